The van der Waals surface area contributed by atoms with E-state index in [1.807, 2.05) is 36.4 Å². The van der Waals surface area contributed by atoms with Crippen molar-refractivity contribution in [3.63, 3.8) is 0 Å². The van der Waals surface area contributed by atoms with Crippen molar-refractivity contribution in [2.75, 3.05) is 0 Å². The van der Waals surface area contributed by atoms with Gasteiger partial charge in [-0.15, -0.1) is 11.8 Å². The molecule has 1 aliphatic rings. The van der Waals surface area contributed by atoms with Gasteiger partial charge in [-0.1, -0.05) is 31.4 Å². The third kappa shape index (κ3) is 3.39. The van der Waals surface area contributed by atoms with Crippen molar-refractivity contribution < 1.29 is 4.92 Å². The van der Waals surface area contributed by atoms with Gasteiger partial charge in [0.15, 0.2) is 0 Å². The number of H-pyrrole nitrogens is 1. The molecule has 1 fully saturated rings. The van der Waals surface area contributed by atoms with Crippen molar-refractivity contribution >= 4 is 28.5 Å². The van der Waals surface area contributed by atoms with Crippen LogP contribution in [0.3, 0.4) is 0 Å². The van der Waals surface area contributed by atoms with Gasteiger partial charge in [0, 0.05) is 16.9 Å². The molecule has 0 radical (unpaired) electrons. The molecule has 4 rings (SSSR count). The maximum absolute atomic E-state index is 11.6. The standard InChI is InChI=1S/C19H19N3O2S/c23-22(24)17-12-13(19-20-15-8-4-5-9-16(15)21-19)10-11-18(17)25-14-6-2-1-3-7-14/h4-5,8-12,14H,1-3,6-7H2,(H,20,21). The van der Waals surface area contributed by atoms with Crippen LogP contribution < -0.4 is 0 Å². The fourth-order valence-corrected chi connectivity index (χ4v) is 4.69. The summed E-state index contributed by atoms with van der Waals surface area (Å²) in [6.07, 6.45) is 6.02. The van der Waals surface area contributed by atoms with E-state index in [0.29, 0.717) is 11.1 Å². The fraction of sp³-hybridized carbons (Fsp3) is 0.316. The highest BCUT2D eigenvalue weighted by Gasteiger charge is 2.22. The number of nitro benzene ring substituents is 1. The molecule has 2 aromatic carbocycles. The van der Waals surface area contributed by atoms with E-state index in [4.69, 9.17) is 0 Å². The Kier molecular flexibility index (Phi) is 4.44. The third-order valence-corrected chi connectivity index (χ3v) is 6.07. The number of nitrogens with zero attached hydrogens (tertiary/aromatic N) is 2. The van der Waals surface area contributed by atoms with Crippen LogP contribution in [0.1, 0.15) is 32.1 Å². The van der Waals surface area contributed by atoms with E-state index >= 15 is 0 Å². The fourth-order valence-electron chi connectivity index (χ4n) is 3.36. The van der Waals surface area contributed by atoms with E-state index in [2.05, 4.69) is 9.97 Å². The summed E-state index contributed by atoms with van der Waals surface area (Å²) >= 11 is 1.66. The number of hydrogen-bond acceptors (Lipinski definition) is 4. The summed E-state index contributed by atoms with van der Waals surface area (Å²) in [5, 5.41) is 12.1. The molecule has 1 heterocycles. The van der Waals surface area contributed by atoms with Crippen molar-refractivity contribution in [1.82, 2.24) is 9.97 Å². The number of para-hydroxylation sites is 2. The van der Waals surface area contributed by atoms with Gasteiger partial charge in [-0.2, -0.15) is 0 Å². The second-order valence-corrected chi connectivity index (χ2v) is 7.76. The highest BCUT2D eigenvalue weighted by Crippen LogP contribution is 2.39. The van der Waals surface area contributed by atoms with Gasteiger partial charge in [0.1, 0.15) is 5.82 Å². The molecule has 0 atom stereocenters. The molecule has 1 saturated carbocycles. The number of fused-ring (bicyclic) bond motifs is 1. The maximum Gasteiger partial charge on any atom is 0.283 e. The first-order valence-corrected chi connectivity index (χ1v) is 9.49. The number of nitro groups is 1. The monoisotopic (exact) mass is 353 g/mol. The number of aromatic nitrogens is 2. The second-order valence-electron chi connectivity index (χ2n) is 6.42. The van der Waals surface area contributed by atoms with Crippen molar-refractivity contribution in [3.05, 3.63) is 52.6 Å². The Hall–Kier alpha value is -2.34. The van der Waals surface area contributed by atoms with Gasteiger partial charge in [0.25, 0.3) is 5.69 Å². The lowest BCUT2D eigenvalue weighted by Crippen LogP contribution is -2.08. The molecule has 1 N–H and O–H groups in total. The van der Waals surface area contributed by atoms with Crippen LogP contribution in [0.15, 0.2) is 47.4 Å². The van der Waals surface area contributed by atoms with Crippen LogP contribution in [0, 0.1) is 10.1 Å². The first kappa shape index (κ1) is 16.1. The topological polar surface area (TPSA) is 71.8 Å². The minimum absolute atomic E-state index is 0.175. The Morgan fingerprint density at radius 3 is 2.68 bits per heavy atom. The van der Waals surface area contributed by atoms with Gasteiger partial charge in [-0.05, 0) is 37.1 Å². The summed E-state index contributed by atoms with van der Waals surface area (Å²) in [6.45, 7) is 0. The van der Waals surface area contributed by atoms with Crippen LogP contribution in [0.5, 0.6) is 0 Å². The summed E-state index contributed by atoms with van der Waals surface area (Å²) in [5.41, 5.74) is 2.71. The van der Waals surface area contributed by atoms with Crippen molar-refractivity contribution in [1.29, 1.82) is 0 Å². The van der Waals surface area contributed by atoms with Gasteiger partial charge in [0.05, 0.1) is 20.9 Å². The largest absolute Gasteiger partial charge is 0.338 e. The van der Waals surface area contributed by atoms with Gasteiger partial charge in [-0.3, -0.25) is 10.1 Å². The Morgan fingerprint density at radius 2 is 1.92 bits per heavy atom. The quantitative estimate of drug-likeness (QED) is 0.492. The molecule has 5 nitrogen and oxygen atoms in total. The van der Waals surface area contributed by atoms with Crippen LogP contribution in [0.2, 0.25) is 0 Å². The molecule has 0 saturated heterocycles. The summed E-state index contributed by atoms with van der Waals surface area (Å²) in [6, 6.07) is 13.2. The smallest absolute Gasteiger partial charge is 0.283 e. The second kappa shape index (κ2) is 6.88. The lowest BCUT2D eigenvalue weighted by atomic mass is 10.0. The molecular formula is C19H19N3O2S. The number of aromatic amines is 1. The van der Waals surface area contributed by atoms with E-state index in [0.717, 1.165) is 34.3 Å². The van der Waals surface area contributed by atoms with Crippen LogP contribution in [0.25, 0.3) is 22.4 Å². The predicted molar refractivity (Wildman–Crippen MR) is 101 cm³/mol. The van der Waals surface area contributed by atoms with Gasteiger partial charge in [0.2, 0.25) is 0 Å². The number of imidazole rings is 1. The maximum atomic E-state index is 11.6. The van der Waals surface area contributed by atoms with Crippen LogP contribution in [-0.4, -0.2) is 20.1 Å². The average molecular weight is 353 g/mol. The zero-order valence-electron chi connectivity index (χ0n) is 13.8. The van der Waals surface area contributed by atoms with Crippen molar-refractivity contribution in [2.24, 2.45) is 0 Å². The molecule has 1 aliphatic carbocycles. The number of rotatable bonds is 4. The van der Waals surface area contributed by atoms with Crippen LogP contribution >= 0.6 is 11.8 Å². The Morgan fingerprint density at radius 1 is 1.12 bits per heavy atom. The molecule has 0 bridgehead atoms. The van der Waals surface area contributed by atoms with E-state index in [-0.39, 0.29) is 10.6 Å². The van der Waals surface area contributed by atoms with E-state index in [1.165, 1.54) is 19.3 Å². The minimum atomic E-state index is -0.280. The number of thioether (sulfide) groups is 1. The van der Waals surface area contributed by atoms with Gasteiger partial charge >= 0.3 is 0 Å². The molecule has 128 valence electrons. The Labute approximate surface area is 150 Å². The lowest BCUT2D eigenvalue weighted by molar-refractivity contribution is -0.387. The SMILES string of the molecule is O=[N+]([O-])c1cc(-c2nc3ccccc3[nH]2)ccc1SC1CCCCC1. The molecular weight excluding hydrogens is 334 g/mol. The first-order valence-electron chi connectivity index (χ1n) is 8.61. The zero-order valence-corrected chi connectivity index (χ0v) is 14.6. The molecule has 0 unspecified atom stereocenters. The number of hydrogen-bond donors (Lipinski definition) is 1. The summed E-state index contributed by atoms with van der Waals surface area (Å²) < 4.78 is 0. The van der Waals surface area contributed by atoms with Gasteiger partial charge < -0.3 is 4.98 Å². The average Bonchev–Trinajstić information content (AvgIpc) is 3.07. The summed E-state index contributed by atoms with van der Waals surface area (Å²) in [5.74, 6) is 0.665. The summed E-state index contributed by atoms with van der Waals surface area (Å²) in [4.78, 5) is 19.8. The first-order chi connectivity index (χ1) is 12.2. The molecule has 3 aromatic rings. The highest BCUT2D eigenvalue weighted by atomic mass is 32.2. The molecule has 25 heavy (non-hydrogen) atoms. The lowest BCUT2D eigenvalue weighted by Gasteiger charge is -2.20. The van der Waals surface area contributed by atoms with Gasteiger partial charge in [-0.25, -0.2) is 4.98 Å². The summed E-state index contributed by atoms with van der Waals surface area (Å²) in [7, 11) is 0. The Balaban J connectivity index is 1.67. The third-order valence-electron chi connectivity index (χ3n) is 4.66. The molecule has 1 aromatic heterocycles. The van der Waals surface area contributed by atoms with Crippen LogP contribution in [-0.2, 0) is 0 Å². The van der Waals surface area contributed by atoms with Crippen LogP contribution in [0.4, 0.5) is 5.69 Å². The predicted octanol–water partition coefficient (Wildman–Crippen LogP) is 5.56. The normalized spacial score (nSPS) is 15.5. The van der Waals surface area contributed by atoms with Crippen molar-refractivity contribution in [3.8, 4) is 11.4 Å². The molecule has 0 amide bonds. The number of nitrogens with one attached hydrogen (secondary N) is 1. The highest BCUT2D eigenvalue weighted by molar-refractivity contribution is 8.00. The molecule has 6 heteroatoms. The van der Waals surface area contributed by atoms with E-state index in [1.54, 1.807) is 17.8 Å². The molecule has 0 aliphatic heterocycles. The minimum Gasteiger partial charge on any atom is -0.338 e. The van der Waals surface area contributed by atoms with Crippen molar-refractivity contribution in [2.45, 2.75) is 42.2 Å². The van der Waals surface area contributed by atoms with E-state index < -0.39 is 0 Å². The zero-order chi connectivity index (χ0) is 17.2. The molecule has 0 spiro atoms. The van der Waals surface area contributed by atoms with E-state index in [9.17, 15) is 10.1 Å². The number of benzene rings is 2. The Bertz CT molecular complexity index is 883.